The number of carbonyl (C=O) groups excluding carboxylic acids is 1. The van der Waals surface area contributed by atoms with Crippen LogP contribution in [-0.4, -0.2) is 49.1 Å². The highest BCUT2D eigenvalue weighted by atomic mass is 16.2. The Hall–Kier alpha value is -1.55. The normalized spacial score (nSPS) is 18.4. The summed E-state index contributed by atoms with van der Waals surface area (Å²) in [6, 6.07) is 10.1. The first-order chi connectivity index (χ1) is 8.66. The highest BCUT2D eigenvalue weighted by Gasteiger charge is 2.20. The number of hydrogen-bond acceptors (Lipinski definition) is 2. The maximum Gasteiger partial charge on any atom is 0.317 e. The van der Waals surface area contributed by atoms with Gasteiger partial charge in [-0.15, -0.1) is 0 Å². The van der Waals surface area contributed by atoms with E-state index in [4.69, 9.17) is 0 Å². The molecule has 1 aliphatic heterocycles. The van der Waals surface area contributed by atoms with Crippen LogP contribution in [-0.2, 0) is 0 Å². The Morgan fingerprint density at radius 1 is 1.17 bits per heavy atom. The van der Waals surface area contributed by atoms with E-state index in [-0.39, 0.29) is 12.1 Å². The zero-order chi connectivity index (χ0) is 13.0. The quantitative estimate of drug-likeness (QED) is 0.863. The van der Waals surface area contributed by atoms with Crippen LogP contribution in [0.2, 0.25) is 0 Å². The van der Waals surface area contributed by atoms with Gasteiger partial charge in [0.2, 0.25) is 0 Å². The van der Waals surface area contributed by atoms with Gasteiger partial charge in [-0.3, -0.25) is 0 Å². The first-order valence-corrected chi connectivity index (χ1v) is 6.46. The van der Waals surface area contributed by atoms with Crippen LogP contribution in [0.4, 0.5) is 4.79 Å². The molecule has 1 atom stereocenters. The van der Waals surface area contributed by atoms with Gasteiger partial charge in [0.05, 0.1) is 6.04 Å². The molecule has 1 unspecified atom stereocenters. The number of carbonyl (C=O) groups is 1. The van der Waals surface area contributed by atoms with Crippen molar-refractivity contribution in [1.82, 2.24) is 15.1 Å². The van der Waals surface area contributed by atoms with Crippen LogP contribution in [0, 0.1) is 0 Å². The van der Waals surface area contributed by atoms with Crippen molar-refractivity contribution in [3.05, 3.63) is 35.9 Å². The standard InChI is InChI=1S/C14H21N3O/c1-12(13-6-4-3-5-7-13)15-14(18)17-10-8-16(2)9-11-17/h3-7,12H,8-11H2,1-2H3,(H,15,18). The highest BCUT2D eigenvalue weighted by Crippen LogP contribution is 2.12. The summed E-state index contributed by atoms with van der Waals surface area (Å²) in [7, 11) is 2.09. The molecule has 2 rings (SSSR count). The Balaban J connectivity index is 1.87. The molecular weight excluding hydrogens is 226 g/mol. The molecule has 2 amide bonds. The fourth-order valence-electron chi connectivity index (χ4n) is 2.11. The second-order valence-corrected chi connectivity index (χ2v) is 4.87. The molecule has 0 bridgehead atoms. The molecule has 1 saturated heterocycles. The van der Waals surface area contributed by atoms with Crippen LogP contribution in [0.5, 0.6) is 0 Å². The van der Waals surface area contributed by atoms with E-state index < -0.39 is 0 Å². The molecule has 0 spiro atoms. The van der Waals surface area contributed by atoms with Gasteiger partial charge in [-0.25, -0.2) is 4.79 Å². The van der Waals surface area contributed by atoms with Crippen LogP contribution in [0.1, 0.15) is 18.5 Å². The van der Waals surface area contributed by atoms with Gasteiger partial charge >= 0.3 is 6.03 Å². The molecular formula is C14H21N3O. The van der Waals surface area contributed by atoms with E-state index in [0.717, 1.165) is 31.7 Å². The molecule has 0 saturated carbocycles. The summed E-state index contributed by atoms with van der Waals surface area (Å²) in [5, 5.41) is 3.05. The minimum Gasteiger partial charge on any atom is -0.331 e. The average molecular weight is 247 g/mol. The molecule has 1 aromatic carbocycles. The Kier molecular flexibility index (Phi) is 4.20. The van der Waals surface area contributed by atoms with E-state index in [1.807, 2.05) is 42.2 Å². The number of piperazine rings is 1. The number of nitrogens with one attached hydrogen (secondary N) is 1. The fourth-order valence-corrected chi connectivity index (χ4v) is 2.11. The van der Waals surface area contributed by atoms with Gasteiger partial charge in [-0.1, -0.05) is 30.3 Å². The van der Waals surface area contributed by atoms with Gasteiger partial charge < -0.3 is 15.1 Å². The number of nitrogens with zero attached hydrogens (tertiary/aromatic N) is 2. The van der Waals surface area contributed by atoms with Crippen molar-refractivity contribution in [2.75, 3.05) is 33.2 Å². The minimum atomic E-state index is 0.0412. The highest BCUT2D eigenvalue weighted by molar-refractivity contribution is 5.74. The lowest BCUT2D eigenvalue weighted by molar-refractivity contribution is 0.152. The Bertz CT molecular complexity index is 385. The topological polar surface area (TPSA) is 35.6 Å². The third-order valence-electron chi connectivity index (χ3n) is 3.43. The van der Waals surface area contributed by atoms with Gasteiger partial charge in [0, 0.05) is 26.2 Å². The van der Waals surface area contributed by atoms with Crippen LogP contribution >= 0.6 is 0 Å². The van der Waals surface area contributed by atoms with Gasteiger partial charge in [-0.05, 0) is 19.5 Å². The van der Waals surface area contributed by atoms with Crippen molar-refractivity contribution in [3.8, 4) is 0 Å². The maximum atomic E-state index is 12.1. The van der Waals surface area contributed by atoms with Crippen molar-refractivity contribution >= 4 is 6.03 Å². The lowest BCUT2D eigenvalue weighted by Gasteiger charge is -2.33. The van der Waals surface area contributed by atoms with Crippen molar-refractivity contribution in [3.63, 3.8) is 0 Å². The monoisotopic (exact) mass is 247 g/mol. The summed E-state index contributed by atoms with van der Waals surface area (Å²) in [6.45, 7) is 5.54. The number of hydrogen-bond donors (Lipinski definition) is 1. The van der Waals surface area contributed by atoms with Crippen molar-refractivity contribution in [1.29, 1.82) is 0 Å². The summed E-state index contributed by atoms with van der Waals surface area (Å²) >= 11 is 0. The van der Waals surface area contributed by atoms with Gasteiger partial charge in [0.15, 0.2) is 0 Å². The molecule has 98 valence electrons. The zero-order valence-electron chi connectivity index (χ0n) is 11.1. The first-order valence-electron chi connectivity index (χ1n) is 6.46. The molecule has 1 aromatic rings. The Morgan fingerprint density at radius 3 is 2.39 bits per heavy atom. The molecule has 1 aliphatic rings. The van der Waals surface area contributed by atoms with Crippen LogP contribution in [0.3, 0.4) is 0 Å². The zero-order valence-corrected chi connectivity index (χ0v) is 11.1. The average Bonchev–Trinajstić information content (AvgIpc) is 2.40. The second-order valence-electron chi connectivity index (χ2n) is 4.87. The van der Waals surface area contributed by atoms with Gasteiger partial charge in [-0.2, -0.15) is 0 Å². The third-order valence-corrected chi connectivity index (χ3v) is 3.43. The number of benzene rings is 1. The second kappa shape index (κ2) is 5.87. The Labute approximate surface area is 109 Å². The summed E-state index contributed by atoms with van der Waals surface area (Å²) < 4.78 is 0. The first kappa shape index (κ1) is 12.9. The summed E-state index contributed by atoms with van der Waals surface area (Å²) in [4.78, 5) is 16.2. The maximum absolute atomic E-state index is 12.1. The van der Waals surface area contributed by atoms with Gasteiger partial charge in [0.25, 0.3) is 0 Å². The molecule has 18 heavy (non-hydrogen) atoms. The lowest BCUT2D eigenvalue weighted by atomic mass is 10.1. The van der Waals surface area contributed by atoms with Crippen molar-refractivity contribution in [2.24, 2.45) is 0 Å². The predicted octanol–water partition coefficient (Wildman–Crippen LogP) is 1.70. The van der Waals surface area contributed by atoms with E-state index in [1.165, 1.54) is 0 Å². The molecule has 1 fully saturated rings. The Morgan fingerprint density at radius 2 is 1.78 bits per heavy atom. The predicted molar refractivity (Wildman–Crippen MR) is 72.5 cm³/mol. The van der Waals surface area contributed by atoms with Crippen LogP contribution < -0.4 is 5.32 Å². The summed E-state index contributed by atoms with van der Waals surface area (Å²) in [5.41, 5.74) is 1.14. The molecule has 0 aliphatic carbocycles. The number of likely N-dealkylation sites (N-methyl/N-ethyl adjacent to an activating group) is 1. The van der Waals surface area contributed by atoms with E-state index in [2.05, 4.69) is 17.3 Å². The third kappa shape index (κ3) is 3.23. The van der Waals surface area contributed by atoms with E-state index >= 15 is 0 Å². The smallest absolute Gasteiger partial charge is 0.317 e. The number of amides is 2. The molecule has 0 aromatic heterocycles. The van der Waals surface area contributed by atoms with Crippen molar-refractivity contribution < 1.29 is 4.79 Å². The van der Waals surface area contributed by atoms with Crippen molar-refractivity contribution in [2.45, 2.75) is 13.0 Å². The number of urea groups is 1. The van der Waals surface area contributed by atoms with Crippen LogP contribution in [0.25, 0.3) is 0 Å². The molecule has 0 radical (unpaired) electrons. The molecule has 1 N–H and O–H groups in total. The lowest BCUT2D eigenvalue weighted by Crippen LogP contribution is -2.51. The van der Waals surface area contributed by atoms with E-state index in [1.54, 1.807) is 0 Å². The largest absolute Gasteiger partial charge is 0.331 e. The summed E-state index contributed by atoms with van der Waals surface area (Å²) in [5.74, 6) is 0. The molecule has 4 heteroatoms. The van der Waals surface area contributed by atoms with E-state index in [0.29, 0.717) is 0 Å². The van der Waals surface area contributed by atoms with E-state index in [9.17, 15) is 4.79 Å². The minimum absolute atomic E-state index is 0.0412. The molecule has 4 nitrogen and oxygen atoms in total. The summed E-state index contributed by atoms with van der Waals surface area (Å²) in [6.07, 6.45) is 0. The fraction of sp³-hybridized carbons (Fsp3) is 0.500. The van der Waals surface area contributed by atoms with Gasteiger partial charge in [0.1, 0.15) is 0 Å². The molecule has 1 heterocycles. The SMILES string of the molecule is CC(NC(=O)N1CCN(C)CC1)c1ccccc1. The number of rotatable bonds is 2. The van der Waals surface area contributed by atoms with Crippen LogP contribution in [0.15, 0.2) is 30.3 Å².